The van der Waals surface area contributed by atoms with Crippen molar-refractivity contribution in [2.45, 2.75) is 6.10 Å². The second-order valence-electron chi connectivity index (χ2n) is 2.70. The van der Waals surface area contributed by atoms with Crippen molar-refractivity contribution in [2.75, 3.05) is 14.2 Å². The molecule has 76 valence electrons. The Labute approximate surface area is 82.1 Å². The van der Waals surface area contributed by atoms with Gasteiger partial charge in [-0.05, 0) is 17.7 Å². The van der Waals surface area contributed by atoms with Crippen molar-refractivity contribution in [2.24, 2.45) is 0 Å². The standard InChI is InChI=1S/C10H12O4/c1-13-8-5-3-4-7(6-8)9(11)10(12)14-2/h3-6,9,11H,1-2H3/t9-/m1/s1. The molecule has 0 saturated heterocycles. The Morgan fingerprint density at radius 3 is 2.71 bits per heavy atom. The van der Waals surface area contributed by atoms with E-state index >= 15 is 0 Å². The number of carbonyl (C=O) groups excluding carboxylic acids is 1. The molecule has 0 heterocycles. The van der Waals surface area contributed by atoms with E-state index in [2.05, 4.69) is 4.74 Å². The maximum atomic E-state index is 11.0. The summed E-state index contributed by atoms with van der Waals surface area (Å²) in [6, 6.07) is 6.64. The van der Waals surface area contributed by atoms with Gasteiger partial charge in [0, 0.05) is 0 Å². The van der Waals surface area contributed by atoms with Crippen LogP contribution in [0.3, 0.4) is 0 Å². The molecule has 4 heteroatoms. The van der Waals surface area contributed by atoms with Crippen LogP contribution in [-0.4, -0.2) is 25.3 Å². The largest absolute Gasteiger partial charge is 0.497 e. The quantitative estimate of drug-likeness (QED) is 0.730. The van der Waals surface area contributed by atoms with Crippen LogP contribution < -0.4 is 4.74 Å². The van der Waals surface area contributed by atoms with Crippen molar-refractivity contribution in [3.05, 3.63) is 29.8 Å². The molecule has 1 N–H and O–H groups in total. The fraction of sp³-hybridized carbons (Fsp3) is 0.300. The summed E-state index contributed by atoms with van der Waals surface area (Å²) in [5.41, 5.74) is 0.455. The highest BCUT2D eigenvalue weighted by atomic mass is 16.5. The number of rotatable bonds is 3. The van der Waals surface area contributed by atoms with Gasteiger partial charge in [0.15, 0.2) is 6.10 Å². The fourth-order valence-electron chi connectivity index (χ4n) is 1.06. The molecule has 14 heavy (non-hydrogen) atoms. The average Bonchev–Trinajstić information content (AvgIpc) is 2.27. The van der Waals surface area contributed by atoms with Gasteiger partial charge in [-0.2, -0.15) is 0 Å². The zero-order valence-corrected chi connectivity index (χ0v) is 8.06. The first-order valence-corrected chi connectivity index (χ1v) is 4.09. The first-order chi connectivity index (χ1) is 6.69. The highest BCUT2D eigenvalue weighted by Gasteiger charge is 2.17. The molecule has 0 fully saturated rings. The molecule has 0 unspecified atom stereocenters. The van der Waals surface area contributed by atoms with Crippen LogP contribution in [0.1, 0.15) is 11.7 Å². The number of aliphatic hydroxyl groups is 1. The van der Waals surface area contributed by atoms with Gasteiger partial charge in [0.1, 0.15) is 5.75 Å². The molecular weight excluding hydrogens is 184 g/mol. The molecule has 0 radical (unpaired) electrons. The zero-order chi connectivity index (χ0) is 10.6. The number of hydrogen-bond acceptors (Lipinski definition) is 4. The second kappa shape index (κ2) is 4.62. The number of methoxy groups -OCH3 is 2. The van der Waals surface area contributed by atoms with E-state index in [0.29, 0.717) is 11.3 Å². The number of esters is 1. The lowest BCUT2D eigenvalue weighted by Gasteiger charge is -2.09. The predicted octanol–water partition coefficient (Wildman–Crippen LogP) is 0.902. The Kier molecular flexibility index (Phi) is 3.48. The molecule has 0 amide bonds. The van der Waals surface area contributed by atoms with E-state index in [1.165, 1.54) is 14.2 Å². The van der Waals surface area contributed by atoms with Crippen LogP contribution in [0.15, 0.2) is 24.3 Å². The highest BCUT2D eigenvalue weighted by Crippen LogP contribution is 2.19. The molecule has 1 aromatic carbocycles. The van der Waals surface area contributed by atoms with Crippen LogP contribution in [0.2, 0.25) is 0 Å². The van der Waals surface area contributed by atoms with Crippen LogP contribution in [0.25, 0.3) is 0 Å². The van der Waals surface area contributed by atoms with E-state index in [4.69, 9.17) is 4.74 Å². The van der Waals surface area contributed by atoms with Gasteiger partial charge in [0.2, 0.25) is 0 Å². The Bertz CT molecular complexity index is 322. The number of ether oxygens (including phenoxy) is 2. The van der Waals surface area contributed by atoms with Crippen LogP contribution in [0.5, 0.6) is 5.75 Å². The molecule has 0 spiro atoms. The Hall–Kier alpha value is -1.55. The van der Waals surface area contributed by atoms with E-state index in [9.17, 15) is 9.90 Å². The first kappa shape index (κ1) is 10.5. The Balaban J connectivity index is 2.89. The minimum atomic E-state index is -1.25. The second-order valence-corrected chi connectivity index (χ2v) is 2.70. The van der Waals surface area contributed by atoms with Gasteiger partial charge in [-0.25, -0.2) is 4.79 Å². The first-order valence-electron chi connectivity index (χ1n) is 4.09. The molecule has 0 aliphatic carbocycles. The molecule has 1 atom stereocenters. The maximum absolute atomic E-state index is 11.0. The van der Waals surface area contributed by atoms with E-state index in [-0.39, 0.29) is 0 Å². The summed E-state index contributed by atoms with van der Waals surface area (Å²) < 4.78 is 9.37. The highest BCUT2D eigenvalue weighted by molar-refractivity contribution is 5.76. The summed E-state index contributed by atoms with van der Waals surface area (Å²) in [4.78, 5) is 11.0. The van der Waals surface area contributed by atoms with Gasteiger partial charge in [0.05, 0.1) is 14.2 Å². The third-order valence-corrected chi connectivity index (χ3v) is 1.83. The molecule has 0 aliphatic heterocycles. The molecule has 0 saturated carbocycles. The molecule has 0 bridgehead atoms. The van der Waals surface area contributed by atoms with Crippen molar-refractivity contribution in [1.29, 1.82) is 0 Å². The Morgan fingerprint density at radius 2 is 2.14 bits per heavy atom. The molecule has 0 aromatic heterocycles. The summed E-state index contributed by atoms with van der Waals surface area (Å²) in [7, 11) is 2.75. The van der Waals surface area contributed by atoms with Gasteiger partial charge >= 0.3 is 5.97 Å². The van der Waals surface area contributed by atoms with E-state index < -0.39 is 12.1 Å². The SMILES string of the molecule is COC(=O)[C@H](O)c1cccc(OC)c1. The van der Waals surface area contributed by atoms with Gasteiger partial charge in [-0.3, -0.25) is 0 Å². The van der Waals surface area contributed by atoms with Gasteiger partial charge in [0.25, 0.3) is 0 Å². The summed E-state index contributed by atoms with van der Waals surface area (Å²) in [6.07, 6.45) is -1.25. The van der Waals surface area contributed by atoms with Crippen molar-refractivity contribution in [1.82, 2.24) is 0 Å². The topological polar surface area (TPSA) is 55.8 Å². The number of hydrogen-bond donors (Lipinski definition) is 1. The van der Waals surface area contributed by atoms with Gasteiger partial charge < -0.3 is 14.6 Å². The average molecular weight is 196 g/mol. The van der Waals surface area contributed by atoms with Crippen molar-refractivity contribution in [3.63, 3.8) is 0 Å². The monoisotopic (exact) mass is 196 g/mol. The zero-order valence-electron chi connectivity index (χ0n) is 8.06. The fourth-order valence-corrected chi connectivity index (χ4v) is 1.06. The van der Waals surface area contributed by atoms with Crippen molar-refractivity contribution < 1.29 is 19.4 Å². The number of aliphatic hydroxyl groups excluding tert-OH is 1. The lowest BCUT2D eigenvalue weighted by Crippen LogP contribution is -2.13. The third kappa shape index (κ3) is 2.23. The lowest BCUT2D eigenvalue weighted by atomic mass is 10.1. The smallest absolute Gasteiger partial charge is 0.339 e. The van der Waals surface area contributed by atoms with Gasteiger partial charge in [-0.15, -0.1) is 0 Å². The lowest BCUT2D eigenvalue weighted by molar-refractivity contribution is -0.150. The van der Waals surface area contributed by atoms with Crippen molar-refractivity contribution >= 4 is 5.97 Å². The summed E-state index contributed by atoms with van der Waals surface area (Å²) >= 11 is 0. The molecule has 1 aromatic rings. The van der Waals surface area contributed by atoms with E-state index in [0.717, 1.165) is 0 Å². The summed E-state index contributed by atoms with van der Waals surface area (Å²) in [6.45, 7) is 0. The van der Waals surface area contributed by atoms with Crippen LogP contribution in [0, 0.1) is 0 Å². The van der Waals surface area contributed by atoms with Crippen LogP contribution in [0.4, 0.5) is 0 Å². The minimum Gasteiger partial charge on any atom is -0.497 e. The molecule has 4 nitrogen and oxygen atoms in total. The van der Waals surface area contributed by atoms with Crippen LogP contribution >= 0.6 is 0 Å². The Morgan fingerprint density at radius 1 is 1.43 bits per heavy atom. The molecule has 1 rings (SSSR count). The predicted molar refractivity (Wildman–Crippen MR) is 50.0 cm³/mol. The van der Waals surface area contributed by atoms with Crippen LogP contribution in [-0.2, 0) is 9.53 Å². The summed E-state index contributed by atoms with van der Waals surface area (Å²) in [5.74, 6) is -0.0938. The number of carbonyl (C=O) groups is 1. The van der Waals surface area contributed by atoms with Crippen molar-refractivity contribution in [3.8, 4) is 5.75 Å². The molecule has 0 aliphatic rings. The van der Waals surface area contributed by atoms with E-state index in [1.54, 1.807) is 24.3 Å². The summed E-state index contributed by atoms with van der Waals surface area (Å²) in [5, 5.41) is 9.48. The minimum absolute atomic E-state index is 0.455. The molecular formula is C10H12O4. The maximum Gasteiger partial charge on any atom is 0.339 e. The van der Waals surface area contributed by atoms with Gasteiger partial charge in [-0.1, -0.05) is 12.1 Å². The normalized spacial score (nSPS) is 11.9. The number of benzene rings is 1. The third-order valence-electron chi connectivity index (χ3n) is 1.83. The van der Waals surface area contributed by atoms with E-state index in [1.807, 2.05) is 0 Å².